The van der Waals surface area contributed by atoms with Crippen molar-refractivity contribution in [3.63, 3.8) is 0 Å². The van der Waals surface area contributed by atoms with Gasteiger partial charge in [-0.05, 0) is 21.9 Å². The molecule has 1 heterocycles. The molecule has 3 heteroatoms. The zero-order chi connectivity index (χ0) is 16.4. The fourth-order valence-corrected chi connectivity index (χ4v) is 3.18. The molecule has 0 spiro atoms. The van der Waals surface area contributed by atoms with Gasteiger partial charge in [-0.15, -0.1) is 0 Å². The Morgan fingerprint density at radius 2 is 1.71 bits per heavy atom. The Hall–Kier alpha value is -2.65. The van der Waals surface area contributed by atoms with Gasteiger partial charge in [0, 0.05) is 6.42 Å². The van der Waals surface area contributed by atoms with Crippen molar-refractivity contribution < 1.29 is 9.84 Å². The molecule has 0 aromatic heterocycles. The highest BCUT2D eigenvalue weighted by Gasteiger charge is 2.27. The molecule has 3 aromatic carbocycles. The fraction of sp³-hybridized carbons (Fsp3) is 0.190. The van der Waals surface area contributed by atoms with Crippen LogP contribution in [0.25, 0.3) is 10.8 Å². The first-order chi connectivity index (χ1) is 11.8. The molecule has 0 amide bonds. The lowest BCUT2D eigenvalue weighted by molar-refractivity contribution is 0.129. The van der Waals surface area contributed by atoms with Crippen LogP contribution in [0.5, 0.6) is 0 Å². The predicted molar refractivity (Wildman–Crippen MR) is 96.2 cm³/mol. The maximum absolute atomic E-state index is 10.5. The lowest BCUT2D eigenvalue weighted by atomic mass is 10.0. The zero-order valence-electron chi connectivity index (χ0n) is 13.3. The second-order valence-electron chi connectivity index (χ2n) is 6.07. The highest BCUT2D eigenvalue weighted by molar-refractivity contribution is 5.90. The Labute approximate surface area is 141 Å². The van der Waals surface area contributed by atoms with Gasteiger partial charge in [-0.1, -0.05) is 72.8 Å². The van der Waals surface area contributed by atoms with Gasteiger partial charge in [0.15, 0.2) is 5.90 Å². The van der Waals surface area contributed by atoms with E-state index >= 15 is 0 Å². The molecule has 1 aliphatic rings. The number of nitrogens with zero attached hydrogens (tertiary/aromatic N) is 1. The van der Waals surface area contributed by atoms with Crippen molar-refractivity contribution in [2.24, 2.45) is 4.99 Å². The van der Waals surface area contributed by atoms with Crippen LogP contribution in [0.4, 0.5) is 0 Å². The SMILES string of the molecule is O[C@@H](c1ccccc1)[C@@H]1COC(Cc2cccc3ccccc23)=N1. The van der Waals surface area contributed by atoms with Crippen LogP contribution in [0.15, 0.2) is 77.8 Å². The number of rotatable bonds is 4. The Morgan fingerprint density at radius 1 is 0.958 bits per heavy atom. The summed E-state index contributed by atoms with van der Waals surface area (Å²) in [6, 6.07) is 24.0. The van der Waals surface area contributed by atoms with Crippen LogP contribution < -0.4 is 0 Å². The minimum Gasteiger partial charge on any atom is -0.478 e. The molecule has 1 N–H and O–H groups in total. The van der Waals surface area contributed by atoms with E-state index in [1.54, 1.807) is 0 Å². The number of hydrogen-bond acceptors (Lipinski definition) is 3. The van der Waals surface area contributed by atoms with Crippen LogP contribution in [-0.2, 0) is 11.2 Å². The lowest BCUT2D eigenvalue weighted by Gasteiger charge is -2.13. The van der Waals surface area contributed by atoms with Crippen LogP contribution in [0.2, 0.25) is 0 Å². The largest absolute Gasteiger partial charge is 0.478 e. The summed E-state index contributed by atoms with van der Waals surface area (Å²) in [5.41, 5.74) is 2.07. The summed E-state index contributed by atoms with van der Waals surface area (Å²) in [5, 5.41) is 12.9. The minimum absolute atomic E-state index is 0.239. The minimum atomic E-state index is -0.629. The average Bonchev–Trinajstić information content (AvgIpc) is 3.11. The van der Waals surface area contributed by atoms with Crippen LogP contribution >= 0.6 is 0 Å². The van der Waals surface area contributed by atoms with Gasteiger partial charge in [0.2, 0.25) is 0 Å². The monoisotopic (exact) mass is 317 g/mol. The number of fused-ring (bicyclic) bond motifs is 1. The van der Waals surface area contributed by atoms with Crippen molar-refractivity contribution >= 4 is 16.7 Å². The van der Waals surface area contributed by atoms with Gasteiger partial charge in [-0.25, -0.2) is 4.99 Å². The van der Waals surface area contributed by atoms with Gasteiger partial charge in [-0.3, -0.25) is 0 Å². The molecule has 0 fully saturated rings. The van der Waals surface area contributed by atoms with E-state index in [0.717, 1.165) is 5.56 Å². The highest BCUT2D eigenvalue weighted by atomic mass is 16.5. The highest BCUT2D eigenvalue weighted by Crippen LogP contribution is 2.25. The molecule has 2 atom stereocenters. The quantitative estimate of drug-likeness (QED) is 0.792. The molecular formula is C21H19NO2. The molecule has 0 bridgehead atoms. The fourth-order valence-electron chi connectivity index (χ4n) is 3.18. The standard InChI is InChI=1S/C21H19NO2/c23-21(16-8-2-1-3-9-16)19-14-24-20(22-19)13-17-11-6-10-15-7-4-5-12-18(15)17/h1-12,19,21,23H,13-14H2/t19-,21-/m0/s1. The number of aliphatic hydroxyl groups is 1. The Morgan fingerprint density at radius 3 is 2.58 bits per heavy atom. The molecule has 0 unspecified atom stereocenters. The third kappa shape index (κ3) is 2.91. The molecule has 24 heavy (non-hydrogen) atoms. The maximum atomic E-state index is 10.5. The molecule has 0 radical (unpaired) electrons. The Kier molecular flexibility index (Phi) is 4.01. The van der Waals surface area contributed by atoms with Gasteiger partial charge < -0.3 is 9.84 Å². The second-order valence-corrected chi connectivity index (χ2v) is 6.07. The van der Waals surface area contributed by atoms with E-state index in [1.807, 2.05) is 42.5 Å². The zero-order valence-corrected chi connectivity index (χ0v) is 13.3. The van der Waals surface area contributed by atoms with Gasteiger partial charge in [0.05, 0.1) is 0 Å². The summed E-state index contributed by atoms with van der Waals surface area (Å²) in [4.78, 5) is 4.61. The first kappa shape index (κ1) is 14.9. The van der Waals surface area contributed by atoms with Crippen molar-refractivity contribution in [1.82, 2.24) is 0 Å². The van der Waals surface area contributed by atoms with Crippen molar-refractivity contribution in [2.75, 3.05) is 6.61 Å². The van der Waals surface area contributed by atoms with Gasteiger partial charge in [0.25, 0.3) is 0 Å². The molecule has 1 aliphatic heterocycles. The summed E-state index contributed by atoms with van der Waals surface area (Å²) in [6.07, 6.45) is 0.0236. The van der Waals surface area contributed by atoms with Crippen molar-refractivity contribution in [3.8, 4) is 0 Å². The van der Waals surface area contributed by atoms with Crippen LogP contribution in [0.3, 0.4) is 0 Å². The number of benzene rings is 3. The number of aliphatic imine (C=N–C) groups is 1. The summed E-state index contributed by atoms with van der Waals surface area (Å²) < 4.78 is 5.75. The van der Waals surface area contributed by atoms with Gasteiger partial charge in [0.1, 0.15) is 18.8 Å². The Bertz CT molecular complexity index is 868. The first-order valence-electron chi connectivity index (χ1n) is 8.20. The maximum Gasteiger partial charge on any atom is 0.188 e. The van der Waals surface area contributed by atoms with Gasteiger partial charge >= 0.3 is 0 Å². The first-order valence-corrected chi connectivity index (χ1v) is 8.20. The lowest BCUT2D eigenvalue weighted by Crippen LogP contribution is -2.17. The third-order valence-corrected chi connectivity index (χ3v) is 4.46. The van der Waals surface area contributed by atoms with Crippen molar-refractivity contribution in [1.29, 1.82) is 0 Å². The summed E-state index contributed by atoms with van der Waals surface area (Å²) in [5.74, 6) is 0.700. The van der Waals surface area contributed by atoms with Crippen LogP contribution in [0, 0.1) is 0 Å². The van der Waals surface area contributed by atoms with E-state index < -0.39 is 6.10 Å². The van der Waals surface area contributed by atoms with Gasteiger partial charge in [-0.2, -0.15) is 0 Å². The number of hydrogen-bond donors (Lipinski definition) is 1. The molecule has 0 aliphatic carbocycles. The second kappa shape index (κ2) is 6.46. The normalized spacial score (nSPS) is 18.2. The third-order valence-electron chi connectivity index (χ3n) is 4.46. The molecular weight excluding hydrogens is 298 g/mol. The number of ether oxygens (including phenoxy) is 1. The van der Waals surface area contributed by atoms with E-state index in [4.69, 9.17) is 4.74 Å². The van der Waals surface area contributed by atoms with Crippen LogP contribution in [0.1, 0.15) is 17.2 Å². The summed E-state index contributed by atoms with van der Waals surface area (Å²) in [6.45, 7) is 0.427. The molecule has 3 nitrogen and oxygen atoms in total. The molecule has 0 saturated heterocycles. The smallest absolute Gasteiger partial charge is 0.188 e. The summed E-state index contributed by atoms with van der Waals surface area (Å²) in [7, 11) is 0. The van der Waals surface area contributed by atoms with E-state index in [1.165, 1.54) is 16.3 Å². The predicted octanol–water partition coefficient (Wildman–Crippen LogP) is 3.91. The Balaban J connectivity index is 1.55. The van der Waals surface area contributed by atoms with E-state index in [0.29, 0.717) is 18.9 Å². The molecule has 3 aromatic rings. The van der Waals surface area contributed by atoms with Crippen molar-refractivity contribution in [3.05, 3.63) is 83.9 Å². The average molecular weight is 317 g/mol. The van der Waals surface area contributed by atoms with E-state index in [2.05, 4.69) is 35.3 Å². The summed E-state index contributed by atoms with van der Waals surface area (Å²) >= 11 is 0. The topological polar surface area (TPSA) is 41.8 Å². The number of aliphatic hydroxyl groups excluding tert-OH is 1. The molecule has 0 saturated carbocycles. The van der Waals surface area contributed by atoms with E-state index in [9.17, 15) is 5.11 Å². The van der Waals surface area contributed by atoms with E-state index in [-0.39, 0.29) is 6.04 Å². The molecule has 120 valence electrons. The molecule has 4 rings (SSSR count). The van der Waals surface area contributed by atoms with Crippen molar-refractivity contribution in [2.45, 2.75) is 18.6 Å². The van der Waals surface area contributed by atoms with Crippen LogP contribution in [-0.4, -0.2) is 23.7 Å².